The maximum Gasteiger partial charge on any atom is 0.127 e. The highest BCUT2D eigenvalue weighted by molar-refractivity contribution is 7.10. The number of hydrogen-bond donors (Lipinski definition) is 1. The number of aromatic nitrogens is 1. The van der Waals surface area contributed by atoms with E-state index < -0.39 is 0 Å². The highest BCUT2D eigenvalue weighted by Crippen LogP contribution is 2.31. The van der Waals surface area contributed by atoms with Crippen molar-refractivity contribution in [3.05, 3.63) is 11.3 Å². The minimum absolute atomic E-state index is 0.721. The molecule has 1 saturated carbocycles. The molecular formula is C13H19N3S. The Labute approximate surface area is 107 Å². The molecule has 1 aromatic rings. The van der Waals surface area contributed by atoms with Crippen LogP contribution >= 0.6 is 11.5 Å². The largest absolute Gasteiger partial charge is 0.374 e. The quantitative estimate of drug-likeness (QED) is 0.891. The zero-order chi connectivity index (χ0) is 12.3. The summed E-state index contributed by atoms with van der Waals surface area (Å²) in [5.41, 5.74) is 1.56. The van der Waals surface area contributed by atoms with Crippen molar-refractivity contribution in [1.29, 1.82) is 5.26 Å². The summed E-state index contributed by atoms with van der Waals surface area (Å²) in [6.07, 6.45) is 5.39. The van der Waals surface area contributed by atoms with E-state index in [-0.39, 0.29) is 0 Å². The number of hydrogen-bond acceptors (Lipinski definition) is 4. The molecule has 0 saturated heterocycles. The van der Waals surface area contributed by atoms with Gasteiger partial charge in [0.1, 0.15) is 16.6 Å². The molecule has 1 heterocycles. The number of anilines is 1. The second-order valence-electron chi connectivity index (χ2n) is 4.99. The average Bonchev–Trinajstić information content (AvgIpc) is 2.69. The van der Waals surface area contributed by atoms with E-state index in [1.165, 1.54) is 37.2 Å². The third-order valence-electron chi connectivity index (χ3n) is 3.79. The van der Waals surface area contributed by atoms with Gasteiger partial charge in [-0.05, 0) is 36.7 Å². The fourth-order valence-corrected chi connectivity index (χ4v) is 3.29. The van der Waals surface area contributed by atoms with Gasteiger partial charge in [0, 0.05) is 6.54 Å². The third-order valence-corrected chi connectivity index (χ3v) is 4.68. The Kier molecular flexibility index (Phi) is 4.01. The van der Waals surface area contributed by atoms with E-state index in [2.05, 4.69) is 22.7 Å². The molecular weight excluding hydrogens is 230 g/mol. The van der Waals surface area contributed by atoms with E-state index >= 15 is 0 Å². The van der Waals surface area contributed by atoms with Crippen molar-refractivity contribution in [2.45, 2.75) is 39.5 Å². The van der Waals surface area contributed by atoms with Crippen LogP contribution in [-0.2, 0) is 0 Å². The Morgan fingerprint density at radius 1 is 1.47 bits per heavy atom. The topological polar surface area (TPSA) is 48.7 Å². The standard InChI is InChI=1S/C13H19N3S/c1-9-5-3-4-6-11(9)8-15-13-12(7-14)10(2)16-17-13/h9,11,15H,3-6,8H2,1-2H3. The highest BCUT2D eigenvalue weighted by Gasteiger charge is 2.21. The van der Waals surface area contributed by atoms with E-state index in [0.717, 1.165) is 34.6 Å². The second-order valence-corrected chi connectivity index (χ2v) is 5.76. The molecule has 0 radical (unpaired) electrons. The van der Waals surface area contributed by atoms with E-state index in [1.807, 2.05) is 6.92 Å². The first-order valence-electron chi connectivity index (χ1n) is 6.32. The fourth-order valence-electron chi connectivity index (χ4n) is 2.54. The smallest absolute Gasteiger partial charge is 0.127 e. The predicted molar refractivity (Wildman–Crippen MR) is 71.2 cm³/mol. The number of nitrogens with one attached hydrogen (secondary N) is 1. The van der Waals surface area contributed by atoms with Gasteiger partial charge in [-0.2, -0.15) is 9.64 Å². The molecule has 0 amide bonds. The Balaban J connectivity index is 1.95. The molecule has 1 aliphatic rings. The summed E-state index contributed by atoms with van der Waals surface area (Å²) < 4.78 is 4.23. The van der Waals surface area contributed by atoms with Gasteiger partial charge >= 0.3 is 0 Å². The van der Waals surface area contributed by atoms with Gasteiger partial charge in [-0.25, -0.2) is 0 Å². The van der Waals surface area contributed by atoms with Crippen molar-refractivity contribution in [1.82, 2.24) is 4.37 Å². The lowest BCUT2D eigenvalue weighted by Gasteiger charge is -2.28. The minimum atomic E-state index is 0.721. The summed E-state index contributed by atoms with van der Waals surface area (Å²) in [4.78, 5) is 0. The van der Waals surface area contributed by atoms with E-state index in [1.54, 1.807) is 0 Å². The van der Waals surface area contributed by atoms with Gasteiger partial charge in [0.2, 0.25) is 0 Å². The third kappa shape index (κ3) is 2.78. The Morgan fingerprint density at radius 2 is 2.24 bits per heavy atom. The van der Waals surface area contributed by atoms with Crippen LogP contribution in [0.2, 0.25) is 0 Å². The van der Waals surface area contributed by atoms with Gasteiger partial charge in [0.15, 0.2) is 0 Å². The summed E-state index contributed by atoms with van der Waals surface area (Å²) in [7, 11) is 0. The van der Waals surface area contributed by atoms with Crippen LogP contribution in [0, 0.1) is 30.1 Å². The number of nitriles is 1. The van der Waals surface area contributed by atoms with Gasteiger partial charge in [0.05, 0.1) is 5.69 Å². The normalized spacial score (nSPS) is 24.3. The maximum absolute atomic E-state index is 9.05. The first kappa shape index (κ1) is 12.4. The predicted octanol–water partition coefficient (Wildman–Crippen LogP) is 3.56. The molecule has 0 aromatic carbocycles. The molecule has 1 fully saturated rings. The first-order chi connectivity index (χ1) is 8.22. The van der Waals surface area contributed by atoms with E-state index in [4.69, 9.17) is 5.26 Å². The van der Waals surface area contributed by atoms with Crippen molar-refractivity contribution >= 4 is 16.5 Å². The summed E-state index contributed by atoms with van der Waals surface area (Å²) >= 11 is 1.41. The lowest BCUT2D eigenvalue weighted by molar-refractivity contribution is 0.269. The zero-order valence-corrected chi connectivity index (χ0v) is 11.3. The Hall–Kier alpha value is -1.08. The molecule has 1 aliphatic carbocycles. The fraction of sp³-hybridized carbons (Fsp3) is 0.692. The molecule has 92 valence electrons. The van der Waals surface area contributed by atoms with Crippen molar-refractivity contribution in [2.24, 2.45) is 11.8 Å². The zero-order valence-electron chi connectivity index (χ0n) is 10.5. The highest BCUT2D eigenvalue weighted by atomic mass is 32.1. The van der Waals surface area contributed by atoms with Crippen LogP contribution in [0.25, 0.3) is 0 Å². The van der Waals surface area contributed by atoms with Crippen LogP contribution in [-0.4, -0.2) is 10.9 Å². The lowest BCUT2D eigenvalue weighted by atomic mass is 9.80. The molecule has 2 unspecified atom stereocenters. The van der Waals surface area contributed by atoms with Crippen molar-refractivity contribution in [3.63, 3.8) is 0 Å². The second kappa shape index (κ2) is 5.50. The monoisotopic (exact) mass is 249 g/mol. The number of nitrogens with zero attached hydrogens (tertiary/aromatic N) is 2. The molecule has 1 aromatic heterocycles. The van der Waals surface area contributed by atoms with Crippen LogP contribution in [0.1, 0.15) is 43.9 Å². The summed E-state index contributed by atoms with van der Waals surface area (Å²) in [6, 6.07) is 2.23. The summed E-state index contributed by atoms with van der Waals surface area (Å²) in [5, 5.41) is 13.4. The van der Waals surface area contributed by atoms with Crippen molar-refractivity contribution in [2.75, 3.05) is 11.9 Å². The molecule has 4 heteroatoms. The van der Waals surface area contributed by atoms with Gasteiger partial charge in [0.25, 0.3) is 0 Å². The Morgan fingerprint density at radius 3 is 2.94 bits per heavy atom. The SMILES string of the molecule is Cc1nsc(NCC2CCCCC2C)c1C#N. The van der Waals surface area contributed by atoms with Crippen molar-refractivity contribution < 1.29 is 0 Å². The van der Waals surface area contributed by atoms with Gasteiger partial charge in [-0.1, -0.05) is 26.2 Å². The summed E-state index contributed by atoms with van der Waals surface area (Å²) in [5.74, 6) is 1.55. The number of rotatable bonds is 3. The molecule has 0 aliphatic heterocycles. The van der Waals surface area contributed by atoms with E-state index in [9.17, 15) is 0 Å². The Bertz CT molecular complexity index is 419. The van der Waals surface area contributed by atoms with Crippen molar-refractivity contribution in [3.8, 4) is 6.07 Å². The molecule has 2 rings (SSSR count). The van der Waals surface area contributed by atoms with Crippen LogP contribution in [0.3, 0.4) is 0 Å². The molecule has 17 heavy (non-hydrogen) atoms. The van der Waals surface area contributed by atoms with Gasteiger partial charge in [-0.15, -0.1) is 0 Å². The molecule has 1 N–H and O–H groups in total. The van der Waals surface area contributed by atoms with Crippen LogP contribution in [0.15, 0.2) is 0 Å². The maximum atomic E-state index is 9.05. The lowest BCUT2D eigenvalue weighted by Crippen LogP contribution is -2.24. The van der Waals surface area contributed by atoms with Gasteiger partial charge < -0.3 is 5.32 Å². The number of aryl methyl sites for hydroxylation is 1. The molecule has 0 bridgehead atoms. The molecule has 0 spiro atoms. The first-order valence-corrected chi connectivity index (χ1v) is 7.10. The average molecular weight is 249 g/mol. The minimum Gasteiger partial charge on any atom is -0.374 e. The van der Waals surface area contributed by atoms with E-state index in [0.29, 0.717) is 0 Å². The molecule has 3 nitrogen and oxygen atoms in total. The van der Waals surface area contributed by atoms with Crippen LogP contribution in [0.4, 0.5) is 5.00 Å². The van der Waals surface area contributed by atoms with Crippen LogP contribution < -0.4 is 5.32 Å². The summed E-state index contributed by atoms with van der Waals surface area (Å²) in [6.45, 7) is 5.22. The van der Waals surface area contributed by atoms with Gasteiger partial charge in [-0.3, -0.25) is 0 Å². The van der Waals surface area contributed by atoms with Crippen LogP contribution in [0.5, 0.6) is 0 Å². The molecule has 2 atom stereocenters.